The van der Waals surface area contributed by atoms with Crippen LogP contribution in [0.1, 0.15) is 20.2 Å². The van der Waals surface area contributed by atoms with Gasteiger partial charge in [0.25, 0.3) is 11.8 Å². The molecule has 2 aromatic carbocycles. The maximum atomic E-state index is 13.3. The van der Waals surface area contributed by atoms with Gasteiger partial charge in [0, 0.05) is 79.7 Å². The summed E-state index contributed by atoms with van der Waals surface area (Å²) in [7, 11) is 0. The van der Waals surface area contributed by atoms with Crippen LogP contribution >= 0.6 is 22.9 Å². The van der Waals surface area contributed by atoms with E-state index >= 15 is 0 Å². The lowest BCUT2D eigenvalue weighted by atomic mass is 10.0. The number of carbonyl (C=O) groups excluding carboxylic acids is 2. The fourth-order valence-corrected chi connectivity index (χ4v) is 5.78. The number of carbonyl (C=O) groups is 2. The quantitative estimate of drug-likeness (QED) is 0.403. The van der Waals surface area contributed by atoms with Gasteiger partial charge >= 0.3 is 0 Å². The number of rotatable bonds is 4. The largest absolute Gasteiger partial charge is 0.335 e. The Morgan fingerprint density at radius 1 is 0.972 bits per heavy atom. The van der Waals surface area contributed by atoms with E-state index in [0.29, 0.717) is 47.8 Å². The molecule has 0 aliphatic carbocycles. The molecule has 7 nitrogen and oxygen atoms in total. The number of benzene rings is 2. The molecule has 4 heterocycles. The van der Waals surface area contributed by atoms with Crippen LogP contribution in [0, 0.1) is 5.82 Å². The van der Waals surface area contributed by atoms with E-state index in [1.165, 1.54) is 23.5 Å². The van der Waals surface area contributed by atoms with E-state index in [4.69, 9.17) is 11.6 Å². The van der Waals surface area contributed by atoms with Crippen molar-refractivity contribution in [3.05, 3.63) is 81.6 Å². The van der Waals surface area contributed by atoms with Gasteiger partial charge in [-0.05, 0) is 42.5 Å². The van der Waals surface area contributed by atoms with E-state index in [2.05, 4.69) is 9.88 Å². The molecule has 0 N–H and O–H groups in total. The zero-order valence-corrected chi connectivity index (χ0v) is 20.9. The molecular formula is C26H23ClFN5O2S. The number of halogens is 2. The van der Waals surface area contributed by atoms with Crippen molar-refractivity contribution in [3.8, 4) is 5.69 Å². The van der Waals surface area contributed by atoms with Crippen molar-refractivity contribution in [2.45, 2.75) is 6.04 Å². The molecule has 2 aliphatic rings. The fraction of sp³-hybridized carbons (Fsp3) is 0.269. The van der Waals surface area contributed by atoms with E-state index in [1.807, 2.05) is 37.9 Å². The third-order valence-corrected chi connectivity index (χ3v) is 8.05. The lowest BCUT2D eigenvalue weighted by Gasteiger charge is -2.48. The Bertz CT molecular complexity index is 1420. The Morgan fingerprint density at radius 3 is 2.42 bits per heavy atom. The average molecular weight is 524 g/mol. The third-order valence-electron chi connectivity index (χ3n) is 6.99. The van der Waals surface area contributed by atoms with Crippen LogP contribution in [0.3, 0.4) is 0 Å². The summed E-state index contributed by atoms with van der Waals surface area (Å²) in [5, 5.41) is 3.67. The lowest BCUT2D eigenvalue weighted by molar-refractivity contribution is 0.00854. The Kier molecular flexibility index (Phi) is 5.99. The number of amides is 2. The number of likely N-dealkylation sites (tertiary alicyclic amines) is 1. The SMILES string of the molecule is O=C(c1ccc2c(c1)c(Cl)cn2-c1ccc(F)cc1)N1CC(N2CCN(C(=O)c3nccs3)CC2)C1. The monoisotopic (exact) mass is 523 g/mol. The van der Waals surface area contributed by atoms with Crippen LogP contribution in [0.25, 0.3) is 16.6 Å². The van der Waals surface area contributed by atoms with Crippen molar-refractivity contribution >= 4 is 45.7 Å². The third kappa shape index (κ3) is 4.17. The van der Waals surface area contributed by atoms with Gasteiger partial charge in [0.1, 0.15) is 5.82 Å². The summed E-state index contributed by atoms with van der Waals surface area (Å²) in [4.78, 5) is 35.8. The summed E-state index contributed by atoms with van der Waals surface area (Å²) in [5.74, 6) is -0.318. The van der Waals surface area contributed by atoms with Crippen molar-refractivity contribution < 1.29 is 14.0 Å². The van der Waals surface area contributed by atoms with Gasteiger partial charge in [0.2, 0.25) is 0 Å². The smallest absolute Gasteiger partial charge is 0.282 e. The maximum absolute atomic E-state index is 13.3. The zero-order chi connectivity index (χ0) is 24.8. The fourth-order valence-electron chi connectivity index (χ4n) is 4.93. The Morgan fingerprint density at radius 2 is 1.72 bits per heavy atom. The van der Waals surface area contributed by atoms with Crippen molar-refractivity contribution in [3.63, 3.8) is 0 Å². The number of thiazole rings is 1. The number of hydrogen-bond acceptors (Lipinski definition) is 5. The summed E-state index contributed by atoms with van der Waals surface area (Å²) >= 11 is 7.86. The maximum Gasteiger partial charge on any atom is 0.282 e. The molecule has 0 radical (unpaired) electrons. The van der Waals surface area contributed by atoms with Gasteiger partial charge in [-0.2, -0.15) is 0 Å². The van der Waals surface area contributed by atoms with Gasteiger partial charge in [0.05, 0.1) is 10.5 Å². The molecule has 184 valence electrons. The minimum Gasteiger partial charge on any atom is -0.335 e. The molecule has 2 aliphatic heterocycles. The van der Waals surface area contributed by atoms with E-state index < -0.39 is 0 Å². The average Bonchev–Trinajstić information content (AvgIpc) is 3.52. The van der Waals surface area contributed by atoms with Gasteiger partial charge in [-0.15, -0.1) is 11.3 Å². The normalized spacial score (nSPS) is 16.9. The molecule has 2 fully saturated rings. The number of aromatic nitrogens is 2. The molecule has 0 saturated carbocycles. The molecular weight excluding hydrogens is 501 g/mol. The predicted octanol–water partition coefficient (Wildman–Crippen LogP) is 4.16. The molecule has 0 bridgehead atoms. The van der Waals surface area contributed by atoms with E-state index in [9.17, 15) is 14.0 Å². The number of fused-ring (bicyclic) bond motifs is 1. The molecule has 36 heavy (non-hydrogen) atoms. The summed E-state index contributed by atoms with van der Waals surface area (Å²) in [5.41, 5.74) is 2.25. The van der Waals surface area contributed by atoms with Crippen LogP contribution in [0.5, 0.6) is 0 Å². The summed E-state index contributed by atoms with van der Waals surface area (Å²) in [6, 6.07) is 12.0. The molecule has 6 rings (SSSR count). The second-order valence-corrected chi connectivity index (χ2v) is 10.4. The number of hydrogen-bond donors (Lipinski definition) is 0. The van der Waals surface area contributed by atoms with Gasteiger partial charge in [-0.3, -0.25) is 14.5 Å². The van der Waals surface area contributed by atoms with Crippen molar-refractivity contribution in [2.75, 3.05) is 39.3 Å². The van der Waals surface area contributed by atoms with E-state index in [-0.39, 0.29) is 17.6 Å². The highest BCUT2D eigenvalue weighted by Crippen LogP contribution is 2.30. The highest BCUT2D eigenvalue weighted by molar-refractivity contribution is 7.11. The first kappa shape index (κ1) is 23.1. The standard InChI is InChI=1S/C26H23ClFN5O2S/c27-22-16-33(19-4-2-18(28)3-5-19)23-6-1-17(13-21(22)23)25(34)32-14-20(15-32)30-8-10-31(11-9-30)26(35)24-29-7-12-36-24/h1-7,12-13,16,20H,8-11,14-15H2. The van der Waals surface area contributed by atoms with Crippen LogP contribution in [-0.4, -0.2) is 81.4 Å². The Hall–Kier alpha value is -3.27. The molecule has 2 aromatic heterocycles. The summed E-state index contributed by atoms with van der Waals surface area (Å²) in [6.45, 7) is 4.26. The topological polar surface area (TPSA) is 61.7 Å². The highest BCUT2D eigenvalue weighted by Gasteiger charge is 2.37. The Balaban J connectivity index is 1.09. The lowest BCUT2D eigenvalue weighted by Crippen LogP contribution is -2.64. The molecule has 0 unspecified atom stereocenters. The second-order valence-electron chi connectivity index (χ2n) is 9.08. The van der Waals surface area contributed by atoms with Gasteiger partial charge in [-0.25, -0.2) is 9.37 Å². The van der Waals surface area contributed by atoms with E-state index in [0.717, 1.165) is 29.7 Å². The molecule has 2 amide bonds. The van der Waals surface area contributed by atoms with Crippen LogP contribution in [0.2, 0.25) is 5.02 Å². The second kappa shape index (κ2) is 9.31. The number of nitrogens with zero attached hydrogens (tertiary/aromatic N) is 5. The first-order valence-corrected chi connectivity index (χ1v) is 13.0. The van der Waals surface area contributed by atoms with Crippen molar-refractivity contribution in [1.82, 2.24) is 24.3 Å². The molecule has 10 heteroatoms. The molecule has 0 atom stereocenters. The van der Waals surface area contributed by atoms with Crippen molar-refractivity contribution in [2.24, 2.45) is 0 Å². The van der Waals surface area contributed by atoms with Crippen LogP contribution in [0.4, 0.5) is 4.39 Å². The van der Waals surface area contributed by atoms with Gasteiger partial charge in [-0.1, -0.05) is 11.6 Å². The van der Waals surface area contributed by atoms with Gasteiger partial charge in [0.15, 0.2) is 5.01 Å². The summed E-state index contributed by atoms with van der Waals surface area (Å²) < 4.78 is 15.2. The molecule has 2 saturated heterocycles. The zero-order valence-electron chi connectivity index (χ0n) is 19.3. The van der Waals surface area contributed by atoms with Crippen molar-refractivity contribution in [1.29, 1.82) is 0 Å². The van der Waals surface area contributed by atoms with Crippen LogP contribution in [0.15, 0.2) is 60.2 Å². The number of piperazine rings is 1. The van der Waals surface area contributed by atoms with Gasteiger partial charge < -0.3 is 14.4 Å². The predicted molar refractivity (Wildman–Crippen MR) is 138 cm³/mol. The first-order chi connectivity index (χ1) is 17.5. The minimum absolute atomic E-state index is 0.00243. The Labute approximate surface area is 216 Å². The van der Waals surface area contributed by atoms with Crippen LogP contribution in [-0.2, 0) is 0 Å². The first-order valence-electron chi connectivity index (χ1n) is 11.8. The van der Waals surface area contributed by atoms with Crippen LogP contribution < -0.4 is 0 Å². The highest BCUT2D eigenvalue weighted by atomic mass is 35.5. The molecule has 4 aromatic rings. The molecule has 0 spiro atoms. The minimum atomic E-state index is -0.298. The van der Waals surface area contributed by atoms with E-state index in [1.54, 1.807) is 24.5 Å². The summed E-state index contributed by atoms with van der Waals surface area (Å²) in [6.07, 6.45) is 3.44.